The minimum absolute atomic E-state index is 0.0239. The second-order valence-electron chi connectivity index (χ2n) is 7.66. The Morgan fingerprint density at radius 2 is 2.00 bits per heavy atom. The van der Waals surface area contributed by atoms with Crippen molar-refractivity contribution in [2.45, 2.75) is 58.6 Å². The van der Waals surface area contributed by atoms with Crippen LogP contribution in [0.4, 0.5) is 4.79 Å². The molecular formula is C18H35N3O4. The Labute approximate surface area is 151 Å². The van der Waals surface area contributed by atoms with Gasteiger partial charge in [0.05, 0.1) is 6.61 Å². The van der Waals surface area contributed by atoms with Gasteiger partial charge in [-0.05, 0) is 46.5 Å². The number of nitrogens with zero attached hydrogens (tertiary/aromatic N) is 1. The third kappa shape index (κ3) is 9.07. The van der Waals surface area contributed by atoms with Gasteiger partial charge in [0.15, 0.2) is 0 Å². The fourth-order valence-electron chi connectivity index (χ4n) is 2.87. The number of nitrogens with one attached hydrogen (secondary N) is 2. The van der Waals surface area contributed by atoms with Crippen LogP contribution in [-0.2, 0) is 14.3 Å². The third-order valence-corrected chi connectivity index (χ3v) is 4.26. The maximum absolute atomic E-state index is 12.2. The van der Waals surface area contributed by atoms with Gasteiger partial charge in [-0.25, -0.2) is 4.79 Å². The summed E-state index contributed by atoms with van der Waals surface area (Å²) in [5, 5.41) is 6.22. The highest BCUT2D eigenvalue weighted by Crippen LogP contribution is 2.21. The first-order valence-electron chi connectivity index (χ1n) is 9.20. The SMILES string of the molecule is COCCNC(=O)CCNC(C)C1CCCN(C(=O)OC(C)(C)C)C1. The topological polar surface area (TPSA) is 79.9 Å². The lowest BCUT2D eigenvalue weighted by atomic mass is 9.91. The normalized spacial score (nSPS) is 19.4. The highest BCUT2D eigenvalue weighted by Gasteiger charge is 2.29. The zero-order valence-electron chi connectivity index (χ0n) is 16.4. The van der Waals surface area contributed by atoms with E-state index in [0.717, 1.165) is 19.4 Å². The quantitative estimate of drug-likeness (QED) is 0.647. The summed E-state index contributed by atoms with van der Waals surface area (Å²) in [6.07, 6.45) is 2.26. The number of hydrogen-bond acceptors (Lipinski definition) is 5. The van der Waals surface area contributed by atoms with Gasteiger partial charge in [0, 0.05) is 45.8 Å². The molecule has 0 aromatic carbocycles. The number of methoxy groups -OCH3 is 1. The van der Waals surface area contributed by atoms with Crippen LogP contribution in [0.15, 0.2) is 0 Å². The highest BCUT2D eigenvalue weighted by molar-refractivity contribution is 5.76. The minimum Gasteiger partial charge on any atom is -0.444 e. The number of rotatable bonds is 8. The van der Waals surface area contributed by atoms with Gasteiger partial charge in [-0.1, -0.05) is 0 Å². The first kappa shape index (κ1) is 21.7. The van der Waals surface area contributed by atoms with E-state index in [9.17, 15) is 9.59 Å². The predicted molar refractivity (Wildman–Crippen MR) is 97.5 cm³/mol. The third-order valence-electron chi connectivity index (χ3n) is 4.26. The molecule has 25 heavy (non-hydrogen) atoms. The van der Waals surface area contributed by atoms with Crippen molar-refractivity contribution in [1.29, 1.82) is 0 Å². The van der Waals surface area contributed by atoms with Gasteiger partial charge in [-0.15, -0.1) is 0 Å². The molecule has 1 heterocycles. The molecule has 7 heteroatoms. The molecule has 1 aliphatic rings. The van der Waals surface area contributed by atoms with Crippen molar-refractivity contribution in [3.63, 3.8) is 0 Å². The Morgan fingerprint density at radius 1 is 1.28 bits per heavy atom. The second-order valence-corrected chi connectivity index (χ2v) is 7.66. The van der Waals surface area contributed by atoms with Crippen LogP contribution in [0.3, 0.4) is 0 Å². The number of carbonyl (C=O) groups is 2. The lowest BCUT2D eigenvalue weighted by molar-refractivity contribution is -0.121. The summed E-state index contributed by atoms with van der Waals surface area (Å²) in [5.41, 5.74) is -0.468. The minimum atomic E-state index is -0.468. The summed E-state index contributed by atoms with van der Waals surface area (Å²) >= 11 is 0. The van der Waals surface area contributed by atoms with E-state index in [0.29, 0.717) is 38.6 Å². The fourth-order valence-corrected chi connectivity index (χ4v) is 2.87. The van der Waals surface area contributed by atoms with Gasteiger partial charge < -0.3 is 25.0 Å². The molecule has 1 saturated heterocycles. The monoisotopic (exact) mass is 357 g/mol. The molecule has 2 amide bonds. The molecule has 0 aromatic rings. The second kappa shape index (κ2) is 10.6. The van der Waals surface area contributed by atoms with Crippen LogP contribution in [0.2, 0.25) is 0 Å². The number of piperidine rings is 1. The molecule has 1 rings (SSSR count). The maximum Gasteiger partial charge on any atom is 0.410 e. The molecule has 1 fully saturated rings. The van der Waals surface area contributed by atoms with Crippen molar-refractivity contribution in [2.24, 2.45) is 5.92 Å². The van der Waals surface area contributed by atoms with Crippen LogP contribution < -0.4 is 10.6 Å². The van der Waals surface area contributed by atoms with E-state index in [1.54, 1.807) is 12.0 Å². The molecule has 0 bridgehead atoms. The van der Waals surface area contributed by atoms with E-state index >= 15 is 0 Å². The van der Waals surface area contributed by atoms with Crippen molar-refractivity contribution in [3.8, 4) is 0 Å². The molecular weight excluding hydrogens is 322 g/mol. The molecule has 1 aliphatic heterocycles. The van der Waals surface area contributed by atoms with E-state index < -0.39 is 5.60 Å². The van der Waals surface area contributed by atoms with Crippen LogP contribution in [0.5, 0.6) is 0 Å². The summed E-state index contributed by atoms with van der Waals surface area (Å²) in [5.74, 6) is 0.397. The molecule has 0 saturated carbocycles. The largest absolute Gasteiger partial charge is 0.444 e. The van der Waals surface area contributed by atoms with Gasteiger partial charge in [-0.3, -0.25) is 4.79 Å². The predicted octanol–water partition coefficient (Wildman–Crippen LogP) is 1.76. The van der Waals surface area contributed by atoms with Crippen molar-refractivity contribution in [1.82, 2.24) is 15.5 Å². The van der Waals surface area contributed by atoms with E-state index in [2.05, 4.69) is 17.6 Å². The van der Waals surface area contributed by atoms with E-state index in [-0.39, 0.29) is 18.0 Å². The van der Waals surface area contributed by atoms with Crippen molar-refractivity contribution in [2.75, 3.05) is 39.9 Å². The summed E-state index contributed by atoms with van der Waals surface area (Å²) in [6, 6.07) is 0.247. The lowest BCUT2D eigenvalue weighted by Crippen LogP contribution is -2.48. The van der Waals surface area contributed by atoms with Crippen LogP contribution in [0.25, 0.3) is 0 Å². The van der Waals surface area contributed by atoms with Crippen LogP contribution in [0.1, 0.15) is 47.0 Å². The standard InChI is InChI=1S/C18H35N3O4/c1-14(19-9-8-16(22)20-10-12-24-5)15-7-6-11-21(13-15)17(23)25-18(2,3)4/h14-15,19H,6-13H2,1-5H3,(H,20,22). The molecule has 0 spiro atoms. The van der Waals surface area contributed by atoms with Gasteiger partial charge in [0.2, 0.25) is 5.91 Å². The molecule has 2 N–H and O–H groups in total. The Bertz CT molecular complexity index is 423. The van der Waals surface area contributed by atoms with Crippen molar-refractivity contribution in [3.05, 3.63) is 0 Å². The molecule has 0 aliphatic carbocycles. The molecule has 7 nitrogen and oxygen atoms in total. The Morgan fingerprint density at radius 3 is 2.64 bits per heavy atom. The van der Waals surface area contributed by atoms with E-state index in [1.165, 1.54) is 0 Å². The van der Waals surface area contributed by atoms with E-state index in [1.807, 2.05) is 20.8 Å². The van der Waals surface area contributed by atoms with Crippen LogP contribution >= 0.6 is 0 Å². The number of carbonyl (C=O) groups excluding carboxylic acids is 2. The van der Waals surface area contributed by atoms with Gasteiger partial charge >= 0.3 is 6.09 Å². The van der Waals surface area contributed by atoms with Crippen LogP contribution in [0, 0.1) is 5.92 Å². The zero-order chi connectivity index (χ0) is 18.9. The van der Waals surface area contributed by atoms with Crippen molar-refractivity contribution < 1.29 is 19.1 Å². The molecule has 0 aromatic heterocycles. The van der Waals surface area contributed by atoms with Gasteiger partial charge in [0.25, 0.3) is 0 Å². The van der Waals surface area contributed by atoms with Crippen LogP contribution in [-0.4, -0.2) is 68.4 Å². The lowest BCUT2D eigenvalue weighted by Gasteiger charge is -2.36. The number of likely N-dealkylation sites (tertiary alicyclic amines) is 1. The zero-order valence-corrected chi connectivity index (χ0v) is 16.4. The van der Waals surface area contributed by atoms with E-state index in [4.69, 9.17) is 9.47 Å². The number of hydrogen-bond donors (Lipinski definition) is 2. The first-order chi connectivity index (χ1) is 11.7. The Kier molecular flexibility index (Phi) is 9.21. The highest BCUT2D eigenvalue weighted by atomic mass is 16.6. The number of ether oxygens (including phenoxy) is 2. The summed E-state index contributed by atoms with van der Waals surface area (Å²) in [4.78, 5) is 25.7. The number of amides is 2. The smallest absolute Gasteiger partial charge is 0.410 e. The molecule has 2 unspecified atom stereocenters. The molecule has 146 valence electrons. The van der Waals surface area contributed by atoms with Gasteiger partial charge in [0.1, 0.15) is 5.60 Å². The molecule has 2 atom stereocenters. The molecule has 0 radical (unpaired) electrons. The first-order valence-corrected chi connectivity index (χ1v) is 9.20. The summed E-state index contributed by atoms with van der Waals surface area (Å²) < 4.78 is 10.4. The summed E-state index contributed by atoms with van der Waals surface area (Å²) in [6.45, 7) is 10.9. The van der Waals surface area contributed by atoms with Crippen molar-refractivity contribution >= 4 is 12.0 Å². The average Bonchev–Trinajstić information content (AvgIpc) is 2.53. The average molecular weight is 357 g/mol. The van der Waals surface area contributed by atoms with Gasteiger partial charge in [-0.2, -0.15) is 0 Å². The Hall–Kier alpha value is -1.34. The Balaban J connectivity index is 2.32. The fraction of sp³-hybridized carbons (Fsp3) is 0.889. The summed E-state index contributed by atoms with van der Waals surface area (Å²) in [7, 11) is 1.61. The maximum atomic E-state index is 12.2.